The second kappa shape index (κ2) is 3.76. The Bertz CT molecular complexity index is 398. The number of rotatable bonds is 1. The summed E-state index contributed by atoms with van der Waals surface area (Å²) in [6.07, 6.45) is 1.93. The zero-order chi connectivity index (χ0) is 9.10. The maximum absolute atomic E-state index is 3.89. The van der Waals surface area contributed by atoms with Crippen molar-refractivity contribution in [3.8, 4) is 11.3 Å². The molecule has 1 aromatic carbocycles. The maximum Gasteiger partial charge on any atom is 0.115 e. The molecule has 0 atom stereocenters. The van der Waals surface area contributed by atoms with Gasteiger partial charge in [0.05, 0.1) is 6.20 Å². The van der Waals surface area contributed by atoms with E-state index in [1.54, 1.807) is 0 Å². The van der Waals surface area contributed by atoms with E-state index >= 15 is 0 Å². The molecule has 0 aliphatic heterocycles. The normalized spacial score (nSPS) is 9.14. The molecule has 14 heavy (non-hydrogen) atoms. The number of aromatic nitrogens is 1. The van der Waals surface area contributed by atoms with Gasteiger partial charge in [0.25, 0.3) is 0 Å². The summed E-state index contributed by atoms with van der Waals surface area (Å²) in [4.78, 5) is 0. The van der Waals surface area contributed by atoms with Crippen molar-refractivity contribution in [2.24, 2.45) is 0 Å². The Morgan fingerprint density at radius 1 is 1.07 bits per heavy atom. The Hall–Kier alpha value is -2.76. The third-order valence-corrected chi connectivity index (χ3v) is 1.93. The largest absolute Gasteiger partial charge is 0.321 e. The van der Waals surface area contributed by atoms with Crippen molar-refractivity contribution >= 4 is 0 Å². The molecular formula is C12H10LrN-. The SMILES string of the molecule is [CH2-][n+]1ccccc1-c1[c-]cccc1.[Lr]. The monoisotopic (exact) mass is 430 g/mol. The van der Waals surface area contributed by atoms with Gasteiger partial charge in [0.2, 0.25) is 0 Å². The molecule has 1 heterocycles. The first-order valence-electron chi connectivity index (χ1n) is 4.16. The van der Waals surface area contributed by atoms with Gasteiger partial charge in [0.15, 0.2) is 0 Å². The standard InChI is InChI=1S/C12H10N.Lr/c1-13-10-6-5-9-12(13)11-7-3-2-4-8-11;/h2-7,9-10H,1H2;/q-1;. The van der Waals surface area contributed by atoms with Crippen LogP contribution >= 0.6 is 0 Å². The molecule has 2 rings (SSSR count). The van der Waals surface area contributed by atoms with Gasteiger partial charge in [0, 0.05) is 7.05 Å². The van der Waals surface area contributed by atoms with Gasteiger partial charge < -0.3 is 4.57 Å². The van der Waals surface area contributed by atoms with Crippen LogP contribution in [-0.2, 0) is 0 Å². The minimum absolute atomic E-state index is 0. The molecule has 0 fully saturated rings. The molecule has 0 saturated heterocycles. The first-order chi connectivity index (χ1) is 6.38. The van der Waals surface area contributed by atoms with Crippen LogP contribution in [0, 0.1) is 13.1 Å². The molecule has 1 aromatic heterocycles. The minimum Gasteiger partial charge on any atom is -0.321 e. The zero-order valence-corrected chi connectivity index (χ0v) is 9.68. The molecule has 0 amide bonds. The predicted octanol–water partition coefficient (Wildman–Crippen LogP) is 2.08. The van der Waals surface area contributed by atoms with E-state index in [1.807, 2.05) is 53.2 Å². The van der Waals surface area contributed by atoms with Gasteiger partial charge in [-0.3, -0.25) is 0 Å². The summed E-state index contributed by atoms with van der Waals surface area (Å²) in [7, 11) is 3.89. The van der Waals surface area contributed by atoms with Crippen molar-refractivity contribution in [1.82, 2.24) is 0 Å². The molecule has 0 saturated carbocycles. The van der Waals surface area contributed by atoms with Crippen molar-refractivity contribution in [3.05, 3.63) is 61.8 Å². The molecule has 0 aliphatic rings. The molecule has 0 aliphatic carbocycles. The average molecular weight is 430 g/mol. The third-order valence-electron chi connectivity index (χ3n) is 1.93. The van der Waals surface area contributed by atoms with Crippen LogP contribution in [0.5, 0.6) is 0 Å². The fourth-order valence-electron chi connectivity index (χ4n) is 1.27. The molecule has 0 spiro atoms. The third kappa shape index (κ3) is 1.53. The van der Waals surface area contributed by atoms with Gasteiger partial charge in [-0.25, -0.2) is 0 Å². The average Bonchev–Trinajstić information content (AvgIpc) is 2.20. The molecular weight excluding hydrogens is 420 g/mol. The van der Waals surface area contributed by atoms with E-state index in [9.17, 15) is 0 Å². The van der Waals surface area contributed by atoms with E-state index in [0.29, 0.717) is 0 Å². The van der Waals surface area contributed by atoms with E-state index in [2.05, 4.69) is 13.1 Å². The number of pyridine rings is 1. The molecule has 1 radical (unpaired) electrons. The quantitative estimate of drug-likeness (QED) is 0.482. The van der Waals surface area contributed by atoms with Crippen LogP contribution in [-0.4, -0.2) is 0 Å². The van der Waals surface area contributed by atoms with Gasteiger partial charge >= 0.3 is 0 Å². The van der Waals surface area contributed by atoms with Gasteiger partial charge in [-0.1, -0.05) is 17.7 Å². The molecule has 79 valence electrons. The fraction of sp³-hybridized carbons (Fsp3) is 0. The van der Waals surface area contributed by atoms with Gasteiger partial charge in [-0.05, 0) is 6.07 Å². The smallest absolute Gasteiger partial charge is 0.115 e. The first-order valence-corrected chi connectivity index (χ1v) is 4.16. The number of nitrogens with zero attached hydrogens (tertiary/aromatic N) is 1. The summed E-state index contributed by atoms with van der Waals surface area (Å²) >= 11 is 0. The Kier molecular flexibility index (Phi) is 2.51. The molecule has 0 bridgehead atoms. The van der Waals surface area contributed by atoms with Gasteiger partial charge in [-0.2, -0.15) is 0 Å². The number of benzene rings is 1. The van der Waals surface area contributed by atoms with Gasteiger partial charge in [-0.15, -0.1) is 30.3 Å². The Morgan fingerprint density at radius 3 is 2.50 bits per heavy atom. The Balaban J connectivity index is 0.000000980. The summed E-state index contributed by atoms with van der Waals surface area (Å²) in [5.74, 6) is 0. The molecule has 1 nitrogen and oxygen atoms in total. The minimum atomic E-state index is 0. The number of hydrogen-bond donors (Lipinski definition) is 0. The zero-order valence-electron chi connectivity index (χ0n) is 7.53. The summed E-state index contributed by atoms with van der Waals surface area (Å²) in [5.41, 5.74) is 2.14. The van der Waals surface area contributed by atoms with E-state index in [-0.39, 0.29) is 0 Å². The summed E-state index contributed by atoms with van der Waals surface area (Å²) in [5, 5.41) is 0. The van der Waals surface area contributed by atoms with Crippen LogP contribution in [0.1, 0.15) is 0 Å². The summed E-state index contributed by atoms with van der Waals surface area (Å²) in [6.45, 7) is 0. The van der Waals surface area contributed by atoms with Crippen LogP contribution in [0.25, 0.3) is 11.3 Å². The maximum atomic E-state index is 3.89. The van der Waals surface area contributed by atoms with Crippen molar-refractivity contribution in [1.29, 1.82) is 0 Å². The van der Waals surface area contributed by atoms with E-state index in [0.717, 1.165) is 11.3 Å². The van der Waals surface area contributed by atoms with Crippen LogP contribution in [0.4, 0.5) is 0 Å². The molecule has 0 unspecified atom stereocenters. The Morgan fingerprint density at radius 2 is 1.86 bits per heavy atom. The van der Waals surface area contributed by atoms with E-state index in [4.69, 9.17) is 0 Å². The second-order valence-electron chi connectivity index (χ2n) is 2.83. The van der Waals surface area contributed by atoms with Crippen LogP contribution < -0.4 is 4.57 Å². The van der Waals surface area contributed by atoms with Crippen LogP contribution in [0.2, 0.25) is 0 Å². The van der Waals surface area contributed by atoms with Gasteiger partial charge in [0.1, 0.15) is 5.69 Å². The van der Waals surface area contributed by atoms with E-state index < -0.39 is 0 Å². The van der Waals surface area contributed by atoms with Crippen molar-refractivity contribution in [2.75, 3.05) is 0 Å². The first kappa shape index (κ1) is 9.33. The summed E-state index contributed by atoms with van der Waals surface area (Å²) in [6, 6.07) is 17.0. The number of hydrogen-bond acceptors (Lipinski definition) is 0. The summed E-state index contributed by atoms with van der Waals surface area (Å²) < 4.78 is 1.84. The van der Waals surface area contributed by atoms with Crippen molar-refractivity contribution < 1.29 is 4.57 Å². The Labute approximate surface area is 78.3 Å². The van der Waals surface area contributed by atoms with Crippen LogP contribution in [0.15, 0.2) is 48.7 Å². The van der Waals surface area contributed by atoms with Crippen LogP contribution in [0.3, 0.4) is 0 Å². The van der Waals surface area contributed by atoms with E-state index in [1.165, 1.54) is 0 Å². The topological polar surface area (TPSA) is 3.88 Å². The van der Waals surface area contributed by atoms with Crippen molar-refractivity contribution in [2.45, 2.75) is 0 Å². The molecule has 2 aromatic rings. The molecule has 2 heteroatoms. The van der Waals surface area contributed by atoms with Crippen molar-refractivity contribution in [3.63, 3.8) is 0 Å². The predicted molar refractivity (Wildman–Crippen MR) is 51.7 cm³/mol. The second-order valence-corrected chi connectivity index (χ2v) is 2.83. The molecule has 0 N–H and O–H groups in total. The fourth-order valence-corrected chi connectivity index (χ4v) is 1.27.